The van der Waals surface area contributed by atoms with E-state index in [1.54, 1.807) is 20.9 Å². The number of aromatic nitrogens is 3. The van der Waals surface area contributed by atoms with Gasteiger partial charge in [0.1, 0.15) is 0 Å². The van der Waals surface area contributed by atoms with Crippen LogP contribution in [0.5, 0.6) is 0 Å². The molecule has 1 aliphatic rings. The van der Waals surface area contributed by atoms with E-state index in [1.807, 2.05) is 78.2 Å². The molecule has 7 nitrogen and oxygen atoms in total. The molecular weight excluding hydrogens is 448 g/mol. The van der Waals surface area contributed by atoms with Crippen LogP contribution in [0.15, 0.2) is 78.2 Å². The largest absolute Gasteiger partial charge is 0.468 e. The van der Waals surface area contributed by atoms with Crippen molar-refractivity contribution in [1.29, 1.82) is 0 Å². The fourth-order valence-electron chi connectivity index (χ4n) is 4.51. The summed E-state index contributed by atoms with van der Waals surface area (Å²) >= 11 is 1.55. The smallest absolute Gasteiger partial charge is 0.316 e. The molecule has 0 unspecified atom stereocenters. The monoisotopic (exact) mass is 472 g/mol. The second kappa shape index (κ2) is 9.23. The van der Waals surface area contributed by atoms with E-state index in [0.717, 1.165) is 16.1 Å². The van der Waals surface area contributed by atoms with Crippen molar-refractivity contribution in [3.05, 3.63) is 89.6 Å². The first-order valence-electron chi connectivity index (χ1n) is 11.1. The molecule has 0 bridgehead atoms. The molecule has 0 aliphatic carbocycles. The molecule has 0 radical (unpaired) electrons. The van der Waals surface area contributed by atoms with Crippen LogP contribution in [0.25, 0.3) is 16.4 Å². The minimum absolute atomic E-state index is 0.150. The van der Waals surface area contributed by atoms with E-state index in [0.29, 0.717) is 31.8 Å². The Kier molecular flexibility index (Phi) is 5.98. The quantitative estimate of drug-likeness (QED) is 0.404. The first-order chi connectivity index (χ1) is 16.6. The molecule has 1 aliphatic heterocycles. The van der Waals surface area contributed by atoms with E-state index in [4.69, 9.17) is 4.74 Å². The van der Waals surface area contributed by atoms with Crippen LogP contribution in [0.1, 0.15) is 29.0 Å². The fraction of sp³-hybridized carbons (Fsp3) is 0.231. The summed E-state index contributed by atoms with van der Waals surface area (Å²) in [4.78, 5) is 33.5. The van der Waals surface area contributed by atoms with Crippen LogP contribution in [0.4, 0.5) is 0 Å². The number of nitrogens with zero attached hydrogens (tertiary/aromatic N) is 4. The number of hydrogen-bond acceptors (Lipinski definition) is 6. The predicted octanol–water partition coefficient (Wildman–Crippen LogP) is 4.34. The summed E-state index contributed by atoms with van der Waals surface area (Å²) in [6.07, 6.45) is 0.958. The lowest BCUT2D eigenvalue weighted by molar-refractivity contribution is -0.149. The zero-order valence-electron chi connectivity index (χ0n) is 18.8. The second-order valence-electron chi connectivity index (χ2n) is 8.22. The Morgan fingerprint density at radius 2 is 1.62 bits per heavy atom. The van der Waals surface area contributed by atoms with Gasteiger partial charge in [-0.3, -0.25) is 9.59 Å². The highest BCUT2D eigenvalue weighted by molar-refractivity contribution is 7.13. The molecule has 0 saturated carbocycles. The number of esters is 1. The molecule has 2 aromatic carbocycles. The van der Waals surface area contributed by atoms with Gasteiger partial charge in [-0.1, -0.05) is 54.6 Å². The van der Waals surface area contributed by atoms with Crippen molar-refractivity contribution in [2.75, 3.05) is 20.2 Å². The Labute approximate surface area is 201 Å². The van der Waals surface area contributed by atoms with Crippen LogP contribution in [-0.2, 0) is 14.9 Å². The minimum atomic E-state index is -0.758. The first-order valence-corrected chi connectivity index (χ1v) is 12.0. The molecule has 172 valence electrons. The van der Waals surface area contributed by atoms with E-state index in [9.17, 15) is 9.59 Å². The van der Waals surface area contributed by atoms with Crippen molar-refractivity contribution < 1.29 is 14.3 Å². The highest BCUT2D eigenvalue weighted by atomic mass is 32.1. The van der Waals surface area contributed by atoms with Crippen LogP contribution < -0.4 is 0 Å². The Hall–Kier alpha value is -3.78. The third-order valence-corrected chi connectivity index (χ3v) is 7.21. The SMILES string of the molecule is COC(=O)C1(c2ccccc2)CCN(C(=O)c2nc(-c3cccs3)n(-c3ccccc3)n2)CC1. The summed E-state index contributed by atoms with van der Waals surface area (Å²) in [6.45, 7) is 0.827. The Morgan fingerprint density at radius 3 is 2.24 bits per heavy atom. The van der Waals surface area contributed by atoms with Gasteiger partial charge >= 0.3 is 5.97 Å². The first kappa shape index (κ1) is 22.0. The minimum Gasteiger partial charge on any atom is -0.468 e. The summed E-state index contributed by atoms with van der Waals surface area (Å²) in [6, 6.07) is 23.2. The van der Waals surface area contributed by atoms with Gasteiger partial charge in [0.05, 0.1) is 23.1 Å². The second-order valence-corrected chi connectivity index (χ2v) is 9.16. The average Bonchev–Trinajstić information content (AvgIpc) is 3.59. The number of thiophene rings is 1. The van der Waals surface area contributed by atoms with Crippen LogP contribution in [-0.4, -0.2) is 51.7 Å². The highest BCUT2D eigenvalue weighted by Crippen LogP contribution is 2.37. The zero-order chi connectivity index (χ0) is 23.5. The number of para-hydroxylation sites is 1. The van der Waals surface area contributed by atoms with Gasteiger partial charge in [0.15, 0.2) is 5.82 Å². The number of ether oxygens (including phenoxy) is 1. The molecule has 5 rings (SSSR count). The van der Waals surface area contributed by atoms with Crippen molar-refractivity contribution in [3.8, 4) is 16.4 Å². The lowest BCUT2D eigenvalue weighted by atomic mass is 9.72. The Balaban J connectivity index is 1.42. The van der Waals surface area contributed by atoms with Gasteiger partial charge in [0, 0.05) is 13.1 Å². The molecular formula is C26H24N4O3S. The normalized spacial score (nSPS) is 15.1. The van der Waals surface area contributed by atoms with Gasteiger partial charge in [0.2, 0.25) is 5.82 Å². The summed E-state index contributed by atoms with van der Waals surface area (Å²) in [5, 5.41) is 6.56. The molecule has 0 spiro atoms. The fourth-order valence-corrected chi connectivity index (χ4v) is 5.21. The summed E-state index contributed by atoms with van der Waals surface area (Å²) in [5.41, 5.74) is 0.997. The van der Waals surface area contributed by atoms with Crippen LogP contribution >= 0.6 is 11.3 Å². The Morgan fingerprint density at radius 1 is 0.941 bits per heavy atom. The lowest BCUT2D eigenvalue weighted by Gasteiger charge is -2.39. The molecule has 1 amide bonds. The highest BCUT2D eigenvalue weighted by Gasteiger charge is 2.45. The number of carbonyl (C=O) groups excluding carboxylic acids is 2. The maximum absolute atomic E-state index is 13.4. The van der Waals surface area contributed by atoms with E-state index in [-0.39, 0.29) is 17.7 Å². The molecule has 2 aromatic heterocycles. The summed E-state index contributed by atoms with van der Waals surface area (Å²) in [7, 11) is 1.41. The maximum Gasteiger partial charge on any atom is 0.316 e. The average molecular weight is 473 g/mol. The predicted molar refractivity (Wildman–Crippen MR) is 130 cm³/mol. The lowest BCUT2D eigenvalue weighted by Crippen LogP contribution is -2.49. The molecule has 8 heteroatoms. The Bertz CT molecular complexity index is 1280. The molecule has 0 atom stereocenters. The van der Waals surface area contributed by atoms with Crippen molar-refractivity contribution in [2.24, 2.45) is 0 Å². The molecule has 0 N–H and O–H groups in total. The number of likely N-dealkylation sites (tertiary alicyclic amines) is 1. The van der Waals surface area contributed by atoms with E-state index in [2.05, 4.69) is 10.1 Å². The summed E-state index contributed by atoms with van der Waals surface area (Å²) in [5.74, 6) is 0.281. The van der Waals surface area contributed by atoms with Crippen LogP contribution in [0.3, 0.4) is 0 Å². The van der Waals surface area contributed by atoms with Crippen LogP contribution in [0.2, 0.25) is 0 Å². The van der Waals surface area contributed by atoms with E-state index >= 15 is 0 Å². The van der Waals surface area contributed by atoms with Crippen molar-refractivity contribution in [1.82, 2.24) is 19.7 Å². The van der Waals surface area contributed by atoms with Gasteiger partial charge in [-0.05, 0) is 42.0 Å². The van der Waals surface area contributed by atoms with Crippen molar-refractivity contribution in [2.45, 2.75) is 18.3 Å². The third kappa shape index (κ3) is 3.90. The van der Waals surface area contributed by atoms with Crippen molar-refractivity contribution >= 4 is 23.2 Å². The van der Waals surface area contributed by atoms with E-state index in [1.165, 1.54) is 7.11 Å². The number of piperidine rings is 1. The molecule has 1 fully saturated rings. The number of amides is 1. The number of hydrogen-bond donors (Lipinski definition) is 0. The van der Waals surface area contributed by atoms with E-state index < -0.39 is 5.41 Å². The standard InChI is InChI=1S/C26H24N4O3S/c1-33-25(32)26(19-9-4-2-5-10-19)14-16-29(17-15-26)24(31)22-27-23(21-13-8-18-34-21)30(28-22)20-11-6-3-7-12-20/h2-13,18H,14-17H2,1H3. The van der Waals surface area contributed by atoms with Gasteiger partial charge in [-0.25, -0.2) is 9.67 Å². The maximum atomic E-state index is 13.4. The number of rotatable bonds is 5. The van der Waals surface area contributed by atoms with Gasteiger partial charge in [-0.15, -0.1) is 16.4 Å². The number of benzene rings is 2. The zero-order valence-corrected chi connectivity index (χ0v) is 19.6. The molecule has 3 heterocycles. The van der Waals surface area contributed by atoms with Gasteiger partial charge in [0.25, 0.3) is 5.91 Å². The van der Waals surface area contributed by atoms with Crippen LogP contribution in [0, 0.1) is 0 Å². The van der Waals surface area contributed by atoms with Gasteiger partial charge < -0.3 is 9.64 Å². The number of carbonyl (C=O) groups is 2. The number of methoxy groups -OCH3 is 1. The molecule has 34 heavy (non-hydrogen) atoms. The van der Waals surface area contributed by atoms with Crippen molar-refractivity contribution in [3.63, 3.8) is 0 Å². The topological polar surface area (TPSA) is 77.3 Å². The summed E-state index contributed by atoms with van der Waals surface area (Å²) < 4.78 is 6.88. The van der Waals surface area contributed by atoms with Gasteiger partial charge in [-0.2, -0.15) is 0 Å². The molecule has 1 saturated heterocycles. The third-order valence-electron chi connectivity index (χ3n) is 6.35. The molecule has 4 aromatic rings.